The number of aryl methyl sites for hydroxylation is 2. The topological polar surface area (TPSA) is 85.6 Å². The zero-order valence-corrected chi connectivity index (χ0v) is 18.7. The van der Waals surface area contributed by atoms with E-state index in [2.05, 4.69) is 11.4 Å². The minimum absolute atomic E-state index is 0.0573. The second-order valence-corrected chi connectivity index (χ2v) is 8.62. The van der Waals surface area contributed by atoms with Crippen LogP contribution in [0.5, 0.6) is 5.75 Å². The summed E-state index contributed by atoms with van der Waals surface area (Å²) in [5.41, 5.74) is 2.54. The van der Waals surface area contributed by atoms with Gasteiger partial charge in [-0.15, -0.1) is 0 Å². The molecule has 2 N–H and O–H groups in total. The summed E-state index contributed by atoms with van der Waals surface area (Å²) >= 11 is 6.20. The van der Waals surface area contributed by atoms with Crippen LogP contribution in [0, 0.1) is 25.2 Å². The summed E-state index contributed by atoms with van der Waals surface area (Å²) in [4.78, 5) is 14.3. The number of hydrogen-bond acceptors (Lipinski definition) is 5. The summed E-state index contributed by atoms with van der Waals surface area (Å²) in [5, 5.41) is 23.3. The lowest BCUT2D eigenvalue weighted by atomic mass is 9.92. The molecule has 0 aliphatic carbocycles. The highest BCUT2D eigenvalue weighted by molar-refractivity contribution is 6.32. The maximum atomic E-state index is 12.3. The predicted octanol–water partition coefficient (Wildman–Crippen LogP) is 3.35. The van der Waals surface area contributed by atoms with E-state index in [1.165, 1.54) is 0 Å². The number of ether oxygens (including phenoxy) is 1. The van der Waals surface area contributed by atoms with Gasteiger partial charge in [-0.25, -0.2) is 0 Å². The van der Waals surface area contributed by atoms with Crippen molar-refractivity contribution in [2.75, 3.05) is 26.2 Å². The van der Waals surface area contributed by atoms with Crippen molar-refractivity contribution in [1.29, 1.82) is 5.26 Å². The Bertz CT molecular complexity index is 938. The Morgan fingerprint density at radius 1 is 1.23 bits per heavy atom. The lowest BCUT2D eigenvalue weighted by molar-refractivity contribution is -0.124. The first-order valence-electron chi connectivity index (χ1n) is 10.4. The molecule has 31 heavy (non-hydrogen) atoms. The van der Waals surface area contributed by atoms with Gasteiger partial charge in [0.1, 0.15) is 18.0 Å². The van der Waals surface area contributed by atoms with Crippen LogP contribution in [-0.4, -0.2) is 47.8 Å². The van der Waals surface area contributed by atoms with Gasteiger partial charge in [0.2, 0.25) is 5.91 Å². The Balaban J connectivity index is 1.42. The number of hydrogen-bond donors (Lipinski definition) is 2. The number of carbonyl (C=O) groups excluding carboxylic acids is 1. The molecule has 3 rings (SSSR count). The van der Waals surface area contributed by atoms with Crippen molar-refractivity contribution in [3.63, 3.8) is 0 Å². The second kappa shape index (κ2) is 10.1. The van der Waals surface area contributed by atoms with Gasteiger partial charge in [-0.3, -0.25) is 9.69 Å². The fourth-order valence-corrected chi connectivity index (χ4v) is 3.74. The van der Waals surface area contributed by atoms with Gasteiger partial charge in [0, 0.05) is 24.7 Å². The van der Waals surface area contributed by atoms with E-state index < -0.39 is 5.60 Å². The van der Waals surface area contributed by atoms with Crippen molar-refractivity contribution in [2.45, 2.75) is 38.8 Å². The van der Waals surface area contributed by atoms with E-state index in [1.807, 2.05) is 43.0 Å². The SMILES string of the molecule is Cc1cc(OCC2(O)CCN(CC(=O)NCc3ccc(C#N)cc3)CC2)cc(C)c1Cl. The monoisotopic (exact) mass is 441 g/mol. The molecule has 7 heteroatoms. The number of nitriles is 1. The molecular weight excluding hydrogens is 414 g/mol. The van der Waals surface area contributed by atoms with E-state index in [9.17, 15) is 9.90 Å². The molecule has 164 valence electrons. The molecule has 1 fully saturated rings. The average molecular weight is 442 g/mol. The van der Waals surface area contributed by atoms with Crippen LogP contribution in [0.1, 0.15) is 35.1 Å². The molecule has 1 aliphatic rings. The number of rotatable bonds is 7. The standard InChI is InChI=1S/C24H28ClN3O3/c1-17-11-21(12-18(2)23(17)25)31-16-24(30)7-9-28(10-8-24)15-22(29)27-14-20-5-3-19(13-26)4-6-20/h3-6,11-12,30H,7-10,14-16H2,1-2H3,(H,27,29). The first-order valence-corrected chi connectivity index (χ1v) is 10.8. The van der Waals surface area contributed by atoms with E-state index in [0.717, 1.165) is 21.7 Å². The smallest absolute Gasteiger partial charge is 0.234 e. The third kappa shape index (κ3) is 6.44. The first kappa shape index (κ1) is 23.1. The third-order valence-corrected chi connectivity index (χ3v) is 6.24. The summed E-state index contributed by atoms with van der Waals surface area (Å²) in [6, 6.07) is 13.0. The number of nitrogens with zero attached hydrogens (tertiary/aromatic N) is 2. The van der Waals surface area contributed by atoms with Gasteiger partial charge in [-0.2, -0.15) is 5.26 Å². The fraction of sp³-hybridized carbons (Fsp3) is 0.417. The predicted molar refractivity (Wildman–Crippen MR) is 120 cm³/mol. The Morgan fingerprint density at radius 2 is 1.84 bits per heavy atom. The van der Waals surface area contributed by atoms with Crippen LogP contribution in [0.15, 0.2) is 36.4 Å². The van der Waals surface area contributed by atoms with Crippen molar-refractivity contribution in [1.82, 2.24) is 10.2 Å². The lowest BCUT2D eigenvalue weighted by Crippen LogP contribution is -2.50. The van der Waals surface area contributed by atoms with Gasteiger partial charge in [-0.1, -0.05) is 23.7 Å². The molecule has 0 atom stereocenters. The molecule has 2 aromatic rings. The number of likely N-dealkylation sites (tertiary alicyclic amines) is 1. The van der Waals surface area contributed by atoms with Crippen molar-refractivity contribution in [3.05, 3.63) is 63.7 Å². The van der Waals surface area contributed by atoms with Crippen molar-refractivity contribution in [3.8, 4) is 11.8 Å². The van der Waals surface area contributed by atoms with E-state index in [1.54, 1.807) is 12.1 Å². The second-order valence-electron chi connectivity index (χ2n) is 8.25. The van der Waals surface area contributed by atoms with E-state index >= 15 is 0 Å². The average Bonchev–Trinajstić information content (AvgIpc) is 2.77. The number of nitrogens with one attached hydrogen (secondary N) is 1. The number of piperidine rings is 1. The van der Waals surface area contributed by atoms with Crippen LogP contribution < -0.4 is 10.1 Å². The Morgan fingerprint density at radius 3 is 2.42 bits per heavy atom. The molecule has 0 bridgehead atoms. The number of aliphatic hydroxyl groups is 1. The highest BCUT2D eigenvalue weighted by Crippen LogP contribution is 2.28. The third-order valence-electron chi connectivity index (χ3n) is 5.64. The molecule has 6 nitrogen and oxygen atoms in total. The Kier molecular flexibility index (Phi) is 7.55. The molecule has 1 aliphatic heterocycles. The minimum Gasteiger partial charge on any atom is -0.491 e. The maximum Gasteiger partial charge on any atom is 0.234 e. The van der Waals surface area contributed by atoms with Gasteiger partial charge >= 0.3 is 0 Å². The number of carbonyl (C=O) groups is 1. The van der Waals surface area contributed by atoms with E-state index in [-0.39, 0.29) is 12.5 Å². The minimum atomic E-state index is -0.906. The number of amides is 1. The van der Waals surface area contributed by atoms with Crippen LogP contribution in [0.25, 0.3) is 0 Å². The van der Waals surface area contributed by atoms with Gasteiger partial charge in [0.15, 0.2) is 0 Å². The normalized spacial score (nSPS) is 15.8. The summed E-state index contributed by atoms with van der Waals surface area (Å²) in [6.45, 7) is 6.06. The molecule has 0 aromatic heterocycles. The molecular formula is C24H28ClN3O3. The highest BCUT2D eigenvalue weighted by atomic mass is 35.5. The van der Waals surface area contributed by atoms with Gasteiger partial charge in [0.25, 0.3) is 0 Å². The first-order chi connectivity index (χ1) is 14.8. The van der Waals surface area contributed by atoms with E-state index in [0.29, 0.717) is 50.3 Å². The van der Waals surface area contributed by atoms with Crippen LogP contribution in [-0.2, 0) is 11.3 Å². The zero-order valence-electron chi connectivity index (χ0n) is 17.9. The molecule has 1 heterocycles. The van der Waals surface area contributed by atoms with Crippen LogP contribution in [0.2, 0.25) is 5.02 Å². The largest absolute Gasteiger partial charge is 0.491 e. The van der Waals surface area contributed by atoms with Crippen molar-refractivity contribution < 1.29 is 14.6 Å². The quantitative estimate of drug-likeness (QED) is 0.688. The van der Waals surface area contributed by atoms with Crippen molar-refractivity contribution >= 4 is 17.5 Å². The zero-order chi connectivity index (χ0) is 22.4. The molecule has 1 saturated heterocycles. The number of benzene rings is 2. The van der Waals surface area contributed by atoms with Crippen LogP contribution in [0.4, 0.5) is 0 Å². The Hall–Kier alpha value is -2.59. The molecule has 0 unspecified atom stereocenters. The maximum absolute atomic E-state index is 12.3. The van der Waals surface area contributed by atoms with Crippen LogP contribution in [0.3, 0.4) is 0 Å². The van der Waals surface area contributed by atoms with Crippen LogP contribution >= 0.6 is 11.6 Å². The highest BCUT2D eigenvalue weighted by Gasteiger charge is 2.33. The summed E-state index contributed by atoms with van der Waals surface area (Å²) in [6.07, 6.45) is 1.09. The van der Waals surface area contributed by atoms with Gasteiger partial charge in [0.05, 0.1) is 18.2 Å². The summed E-state index contributed by atoms with van der Waals surface area (Å²) in [5.74, 6) is 0.649. The fourth-order valence-electron chi connectivity index (χ4n) is 3.64. The lowest BCUT2D eigenvalue weighted by Gasteiger charge is -2.37. The van der Waals surface area contributed by atoms with Crippen molar-refractivity contribution in [2.24, 2.45) is 0 Å². The molecule has 0 radical (unpaired) electrons. The van der Waals surface area contributed by atoms with Gasteiger partial charge < -0.3 is 15.2 Å². The van der Waals surface area contributed by atoms with Gasteiger partial charge in [-0.05, 0) is 67.6 Å². The molecule has 0 spiro atoms. The molecule has 2 aromatic carbocycles. The Labute approximate surface area is 188 Å². The summed E-state index contributed by atoms with van der Waals surface area (Å²) in [7, 11) is 0. The molecule has 1 amide bonds. The molecule has 0 saturated carbocycles. The number of halogens is 1. The summed E-state index contributed by atoms with van der Waals surface area (Å²) < 4.78 is 5.86. The van der Waals surface area contributed by atoms with E-state index in [4.69, 9.17) is 21.6 Å².